The molecule has 1 aliphatic rings. The van der Waals surface area contributed by atoms with Gasteiger partial charge in [0.15, 0.2) is 10.3 Å². The van der Waals surface area contributed by atoms with Crippen LogP contribution in [0.4, 0.5) is 5.95 Å². The van der Waals surface area contributed by atoms with Crippen molar-refractivity contribution in [2.75, 3.05) is 17.7 Å². The molecule has 0 aliphatic heterocycles. The predicted molar refractivity (Wildman–Crippen MR) is 108 cm³/mol. The minimum atomic E-state index is -0.736. The lowest BCUT2D eigenvalue weighted by Gasteiger charge is -2.27. The van der Waals surface area contributed by atoms with Crippen LogP contribution in [0, 0.1) is 0 Å². The van der Waals surface area contributed by atoms with E-state index in [-0.39, 0.29) is 5.97 Å². The van der Waals surface area contributed by atoms with Gasteiger partial charge in [-0.3, -0.25) is 0 Å². The smallest absolute Gasteiger partial charge is 0.331 e. The van der Waals surface area contributed by atoms with Gasteiger partial charge in [-0.15, -0.1) is 0 Å². The van der Waals surface area contributed by atoms with Crippen molar-refractivity contribution < 1.29 is 9.53 Å². The van der Waals surface area contributed by atoms with Crippen molar-refractivity contribution in [3.63, 3.8) is 0 Å². The van der Waals surface area contributed by atoms with Gasteiger partial charge in [-0.2, -0.15) is 15.0 Å². The number of anilines is 1. The van der Waals surface area contributed by atoms with Crippen molar-refractivity contribution in [1.82, 2.24) is 15.0 Å². The van der Waals surface area contributed by atoms with Gasteiger partial charge in [0.2, 0.25) is 5.95 Å². The van der Waals surface area contributed by atoms with Gasteiger partial charge in [0.05, 0.1) is 6.61 Å². The maximum absolute atomic E-state index is 12.6. The summed E-state index contributed by atoms with van der Waals surface area (Å²) in [5, 5.41) is 4.58. The quantitative estimate of drug-likeness (QED) is 0.512. The van der Waals surface area contributed by atoms with Crippen molar-refractivity contribution in [1.29, 1.82) is 0 Å². The molecule has 144 valence electrons. The Morgan fingerprint density at radius 3 is 2.48 bits per heavy atom. The molecule has 6 nitrogen and oxygen atoms in total. The molecule has 1 fully saturated rings. The summed E-state index contributed by atoms with van der Waals surface area (Å²) in [6.07, 6.45) is 3.43. The third-order valence-corrected chi connectivity index (χ3v) is 5.90. The molecular weight excluding hydrogens is 380 g/mol. The van der Waals surface area contributed by atoms with Crippen molar-refractivity contribution in [3.05, 3.63) is 30.3 Å². The Morgan fingerprint density at radius 2 is 1.81 bits per heavy atom. The second-order valence-corrected chi connectivity index (χ2v) is 8.48. The molecule has 0 radical (unpaired) electrons. The first-order valence-corrected chi connectivity index (χ1v) is 11.0. The highest BCUT2D eigenvalue weighted by molar-refractivity contribution is 7.99. The van der Waals surface area contributed by atoms with E-state index in [1.165, 1.54) is 11.8 Å². The van der Waals surface area contributed by atoms with E-state index in [2.05, 4.69) is 27.2 Å². The van der Waals surface area contributed by atoms with Crippen LogP contribution in [0.15, 0.2) is 45.5 Å². The molecule has 1 saturated carbocycles. The Labute approximate surface area is 168 Å². The Balaban J connectivity index is 1.87. The fourth-order valence-electron chi connectivity index (χ4n) is 3.07. The van der Waals surface area contributed by atoms with Gasteiger partial charge in [-0.1, -0.05) is 49.7 Å². The van der Waals surface area contributed by atoms with Gasteiger partial charge < -0.3 is 10.1 Å². The number of hydrogen-bond donors (Lipinski definition) is 1. The topological polar surface area (TPSA) is 77.0 Å². The minimum absolute atomic E-state index is 0.218. The molecule has 8 heteroatoms. The monoisotopic (exact) mass is 404 g/mol. The summed E-state index contributed by atoms with van der Waals surface area (Å²) in [6.45, 7) is 4.25. The van der Waals surface area contributed by atoms with Crippen LogP contribution in [0.3, 0.4) is 0 Å². The first-order valence-electron chi connectivity index (χ1n) is 9.22. The van der Waals surface area contributed by atoms with Gasteiger partial charge in [-0.05, 0) is 49.4 Å². The summed E-state index contributed by atoms with van der Waals surface area (Å²) in [7, 11) is 0. The number of rotatable bonds is 8. The van der Waals surface area contributed by atoms with E-state index in [1.807, 2.05) is 37.3 Å². The third kappa shape index (κ3) is 5.13. The van der Waals surface area contributed by atoms with E-state index in [4.69, 9.17) is 4.74 Å². The van der Waals surface area contributed by atoms with E-state index in [9.17, 15) is 4.79 Å². The molecule has 1 aromatic heterocycles. The molecule has 0 saturated heterocycles. The highest BCUT2D eigenvalue weighted by Gasteiger charge is 2.43. The number of benzene rings is 1. The van der Waals surface area contributed by atoms with E-state index >= 15 is 0 Å². The number of hydrogen-bond acceptors (Lipinski definition) is 8. The molecule has 0 bridgehead atoms. The maximum atomic E-state index is 12.6. The molecule has 0 unspecified atom stereocenters. The normalized spacial score (nSPS) is 15.5. The number of aromatic nitrogens is 3. The molecule has 1 aliphatic carbocycles. The summed E-state index contributed by atoms with van der Waals surface area (Å²) in [6, 6.07) is 9.99. The van der Waals surface area contributed by atoms with E-state index in [1.54, 1.807) is 11.8 Å². The molecule has 0 amide bonds. The first kappa shape index (κ1) is 19.9. The summed E-state index contributed by atoms with van der Waals surface area (Å²) < 4.78 is 5.32. The molecule has 0 spiro atoms. The fourth-order valence-corrected chi connectivity index (χ4v) is 4.46. The average molecular weight is 405 g/mol. The van der Waals surface area contributed by atoms with Gasteiger partial charge in [0.1, 0.15) is 5.54 Å². The second-order valence-electron chi connectivity index (χ2n) is 6.21. The summed E-state index contributed by atoms with van der Waals surface area (Å²) >= 11 is 3.04. The molecule has 1 aromatic carbocycles. The Morgan fingerprint density at radius 1 is 1.11 bits per heavy atom. The van der Waals surface area contributed by atoms with Crippen LogP contribution in [0.25, 0.3) is 0 Å². The fraction of sp³-hybridized carbons (Fsp3) is 0.474. The van der Waals surface area contributed by atoms with Crippen LogP contribution in [0.1, 0.15) is 39.5 Å². The maximum Gasteiger partial charge on any atom is 0.331 e. The molecular formula is C19H24N4O2S2. The van der Waals surface area contributed by atoms with Crippen LogP contribution >= 0.6 is 23.5 Å². The lowest BCUT2D eigenvalue weighted by molar-refractivity contribution is -0.148. The SMILES string of the molecule is CCOC(=O)C1(Nc2nc(SCC)nc(Sc3ccccc3)n2)CCCC1. The van der Waals surface area contributed by atoms with Crippen LogP contribution in [0.5, 0.6) is 0 Å². The van der Waals surface area contributed by atoms with Crippen molar-refractivity contribution in [2.24, 2.45) is 0 Å². The van der Waals surface area contributed by atoms with E-state index in [0.29, 0.717) is 22.9 Å². The standard InChI is InChI=1S/C19H24N4O2S2/c1-3-25-15(24)19(12-8-9-13-19)23-16-20-17(26-4-2)22-18(21-16)27-14-10-6-5-7-11-14/h5-7,10-11H,3-4,8-9,12-13H2,1-2H3,(H,20,21,22,23). The number of thioether (sulfide) groups is 1. The van der Waals surface area contributed by atoms with Crippen LogP contribution in [-0.2, 0) is 9.53 Å². The summed E-state index contributed by atoms with van der Waals surface area (Å²) in [4.78, 5) is 27.3. The number of nitrogens with zero attached hydrogens (tertiary/aromatic N) is 3. The zero-order valence-electron chi connectivity index (χ0n) is 15.6. The highest BCUT2D eigenvalue weighted by Crippen LogP contribution is 2.34. The lowest BCUT2D eigenvalue weighted by Crippen LogP contribution is -2.45. The number of ether oxygens (including phenoxy) is 1. The Kier molecular flexibility index (Phi) is 6.95. The molecule has 27 heavy (non-hydrogen) atoms. The minimum Gasteiger partial charge on any atom is -0.464 e. The molecule has 1 heterocycles. The molecule has 3 rings (SSSR count). The number of esters is 1. The molecule has 2 aromatic rings. The van der Waals surface area contributed by atoms with Crippen LogP contribution in [-0.4, -0.2) is 38.8 Å². The number of nitrogens with one attached hydrogen (secondary N) is 1. The first-order chi connectivity index (χ1) is 13.1. The third-order valence-electron chi connectivity index (χ3n) is 4.29. The molecule has 1 N–H and O–H groups in total. The van der Waals surface area contributed by atoms with Crippen molar-refractivity contribution in [3.8, 4) is 0 Å². The molecule has 0 atom stereocenters. The highest BCUT2D eigenvalue weighted by atomic mass is 32.2. The lowest BCUT2D eigenvalue weighted by atomic mass is 9.98. The van der Waals surface area contributed by atoms with Gasteiger partial charge in [-0.25, -0.2) is 4.79 Å². The zero-order chi connectivity index (χ0) is 19.1. The summed E-state index contributed by atoms with van der Waals surface area (Å²) in [5.41, 5.74) is -0.736. The van der Waals surface area contributed by atoms with Crippen LogP contribution < -0.4 is 5.32 Å². The van der Waals surface area contributed by atoms with Gasteiger partial charge in [0, 0.05) is 4.90 Å². The van der Waals surface area contributed by atoms with Crippen LogP contribution in [0.2, 0.25) is 0 Å². The largest absolute Gasteiger partial charge is 0.464 e. The van der Waals surface area contributed by atoms with E-state index in [0.717, 1.165) is 36.3 Å². The second kappa shape index (κ2) is 9.41. The Bertz CT molecular complexity index is 768. The number of carbonyl (C=O) groups excluding carboxylic acids is 1. The predicted octanol–water partition coefficient (Wildman–Crippen LogP) is 4.42. The number of carbonyl (C=O) groups is 1. The van der Waals surface area contributed by atoms with Crippen molar-refractivity contribution >= 4 is 35.4 Å². The van der Waals surface area contributed by atoms with Gasteiger partial charge in [0.25, 0.3) is 0 Å². The zero-order valence-corrected chi connectivity index (χ0v) is 17.2. The van der Waals surface area contributed by atoms with Gasteiger partial charge >= 0.3 is 5.97 Å². The summed E-state index contributed by atoms with van der Waals surface area (Å²) in [5.74, 6) is 1.08. The van der Waals surface area contributed by atoms with Crippen molar-refractivity contribution in [2.45, 2.75) is 60.3 Å². The Hall–Kier alpha value is -1.80. The van der Waals surface area contributed by atoms with E-state index < -0.39 is 5.54 Å². The average Bonchev–Trinajstić information content (AvgIpc) is 3.13.